The van der Waals surface area contributed by atoms with Crippen molar-refractivity contribution >= 4 is 5.91 Å². The molecule has 0 unspecified atom stereocenters. The minimum absolute atomic E-state index is 0.363. The summed E-state index contributed by atoms with van der Waals surface area (Å²) in [6.07, 6.45) is 0. The summed E-state index contributed by atoms with van der Waals surface area (Å²) in [7, 11) is 0. The molecule has 1 amide bonds. The Hall–Kier alpha value is -2.13. The van der Waals surface area contributed by atoms with E-state index in [4.69, 9.17) is 5.11 Å². The van der Waals surface area contributed by atoms with Crippen molar-refractivity contribution in [3.05, 3.63) is 60.2 Å². The van der Waals surface area contributed by atoms with Gasteiger partial charge in [-0.05, 0) is 16.7 Å². The SMILES string of the molecule is O=C(CO)NCc1ccccc1-c1ccccc1. The Morgan fingerprint density at radius 1 is 1.00 bits per heavy atom. The highest BCUT2D eigenvalue weighted by Gasteiger charge is 2.05. The molecule has 0 bridgehead atoms. The Kier molecular flexibility index (Phi) is 4.10. The second kappa shape index (κ2) is 5.98. The number of carbonyl (C=O) groups excluding carboxylic acids is 1. The van der Waals surface area contributed by atoms with E-state index in [2.05, 4.69) is 5.32 Å². The molecule has 0 aliphatic heterocycles. The van der Waals surface area contributed by atoms with Gasteiger partial charge in [0.1, 0.15) is 6.61 Å². The minimum Gasteiger partial charge on any atom is -0.387 e. The van der Waals surface area contributed by atoms with Crippen LogP contribution in [0, 0.1) is 0 Å². The van der Waals surface area contributed by atoms with Gasteiger partial charge in [0.15, 0.2) is 0 Å². The molecule has 0 spiro atoms. The molecule has 0 heterocycles. The molecule has 0 aromatic heterocycles. The molecule has 18 heavy (non-hydrogen) atoms. The molecular formula is C15H15NO2. The van der Waals surface area contributed by atoms with E-state index in [0.29, 0.717) is 6.54 Å². The topological polar surface area (TPSA) is 49.3 Å². The van der Waals surface area contributed by atoms with Crippen LogP contribution in [0.4, 0.5) is 0 Å². The fourth-order valence-electron chi connectivity index (χ4n) is 1.82. The van der Waals surface area contributed by atoms with Gasteiger partial charge in [-0.1, -0.05) is 54.6 Å². The molecule has 0 aliphatic rings. The van der Waals surface area contributed by atoms with Gasteiger partial charge in [0.05, 0.1) is 0 Å². The lowest BCUT2D eigenvalue weighted by Gasteiger charge is -2.10. The van der Waals surface area contributed by atoms with Crippen LogP contribution in [-0.2, 0) is 11.3 Å². The van der Waals surface area contributed by atoms with Gasteiger partial charge < -0.3 is 10.4 Å². The number of nitrogens with one attached hydrogen (secondary N) is 1. The quantitative estimate of drug-likeness (QED) is 0.859. The molecule has 2 rings (SSSR count). The molecular weight excluding hydrogens is 226 g/mol. The fourth-order valence-corrected chi connectivity index (χ4v) is 1.82. The third-order valence-corrected chi connectivity index (χ3v) is 2.72. The summed E-state index contributed by atoms with van der Waals surface area (Å²) in [5.74, 6) is -0.363. The first-order chi connectivity index (χ1) is 8.81. The van der Waals surface area contributed by atoms with E-state index in [9.17, 15) is 4.79 Å². The van der Waals surface area contributed by atoms with E-state index >= 15 is 0 Å². The molecule has 2 aromatic rings. The monoisotopic (exact) mass is 241 g/mol. The lowest BCUT2D eigenvalue weighted by molar-refractivity contribution is -0.123. The Morgan fingerprint density at radius 3 is 2.39 bits per heavy atom. The van der Waals surface area contributed by atoms with Crippen molar-refractivity contribution in [2.24, 2.45) is 0 Å². The zero-order chi connectivity index (χ0) is 12.8. The predicted octanol–water partition coefficient (Wildman–Crippen LogP) is 1.96. The molecule has 2 aromatic carbocycles. The molecule has 2 N–H and O–H groups in total. The van der Waals surface area contributed by atoms with Crippen LogP contribution in [-0.4, -0.2) is 17.6 Å². The summed E-state index contributed by atoms with van der Waals surface area (Å²) in [6.45, 7) is -0.0576. The molecule has 0 atom stereocenters. The highest BCUT2D eigenvalue weighted by molar-refractivity contribution is 5.77. The average Bonchev–Trinajstić information content (AvgIpc) is 2.46. The van der Waals surface area contributed by atoms with Crippen molar-refractivity contribution < 1.29 is 9.90 Å². The van der Waals surface area contributed by atoms with Gasteiger partial charge in [-0.15, -0.1) is 0 Å². The van der Waals surface area contributed by atoms with Crippen LogP contribution in [0.1, 0.15) is 5.56 Å². The zero-order valence-corrected chi connectivity index (χ0v) is 9.97. The molecule has 3 heteroatoms. The first-order valence-electron chi connectivity index (χ1n) is 5.82. The maximum atomic E-state index is 11.1. The number of amides is 1. The number of rotatable bonds is 4. The Labute approximate surface area is 106 Å². The number of hydrogen-bond donors (Lipinski definition) is 2. The zero-order valence-electron chi connectivity index (χ0n) is 9.97. The van der Waals surface area contributed by atoms with Gasteiger partial charge in [-0.2, -0.15) is 0 Å². The van der Waals surface area contributed by atoms with Crippen LogP contribution in [0.3, 0.4) is 0 Å². The van der Waals surface area contributed by atoms with Crippen molar-refractivity contribution in [2.45, 2.75) is 6.54 Å². The summed E-state index contributed by atoms with van der Waals surface area (Å²) in [5.41, 5.74) is 3.24. The summed E-state index contributed by atoms with van der Waals surface area (Å²) in [5, 5.41) is 11.4. The molecule has 0 aliphatic carbocycles. The van der Waals surface area contributed by atoms with Gasteiger partial charge in [-0.25, -0.2) is 0 Å². The van der Waals surface area contributed by atoms with Crippen molar-refractivity contribution in [1.29, 1.82) is 0 Å². The second-order valence-corrected chi connectivity index (χ2v) is 3.96. The fraction of sp³-hybridized carbons (Fsp3) is 0.133. The van der Waals surface area contributed by atoms with E-state index in [1.54, 1.807) is 0 Å². The summed E-state index contributed by atoms with van der Waals surface area (Å²) in [6, 6.07) is 17.9. The second-order valence-electron chi connectivity index (χ2n) is 3.96. The number of carbonyl (C=O) groups is 1. The molecule has 0 saturated carbocycles. The normalized spacial score (nSPS) is 10.1. The largest absolute Gasteiger partial charge is 0.387 e. The van der Waals surface area contributed by atoms with Gasteiger partial charge >= 0.3 is 0 Å². The Bertz CT molecular complexity index is 523. The van der Waals surface area contributed by atoms with Crippen LogP contribution in [0.2, 0.25) is 0 Å². The van der Waals surface area contributed by atoms with Crippen LogP contribution in [0.25, 0.3) is 11.1 Å². The van der Waals surface area contributed by atoms with Crippen LogP contribution < -0.4 is 5.32 Å². The first-order valence-corrected chi connectivity index (χ1v) is 5.82. The third kappa shape index (κ3) is 2.96. The van der Waals surface area contributed by atoms with Crippen LogP contribution in [0.15, 0.2) is 54.6 Å². The van der Waals surface area contributed by atoms with Gasteiger partial charge in [0.2, 0.25) is 5.91 Å². The summed E-state index contributed by atoms with van der Waals surface area (Å²) < 4.78 is 0. The molecule has 0 saturated heterocycles. The van der Waals surface area contributed by atoms with Crippen molar-refractivity contribution in [3.8, 4) is 11.1 Å². The van der Waals surface area contributed by atoms with Crippen LogP contribution in [0.5, 0.6) is 0 Å². The first kappa shape index (κ1) is 12.3. The maximum absolute atomic E-state index is 11.1. The lowest BCUT2D eigenvalue weighted by Crippen LogP contribution is -2.25. The van der Waals surface area contributed by atoms with Gasteiger partial charge in [-0.3, -0.25) is 4.79 Å². The molecule has 3 nitrogen and oxygen atoms in total. The maximum Gasteiger partial charge on any atom is 0.245 e. The standard InChI is InChI=1S/C15H15NO2/c17-11-15(18)16-10-13-8-4-5-9-14(13)12-6-2-1-3-7-12/h1-9,17H,10-11H2,(H,16,18). The van der Waals surface area contributed by atoms with Gasteiger partial charge in [0, 0.05) is 6.54 Å². The van der Waals surface area contributed by atoms with Crippen molar-refractivity contribution in [2.75, 3.05) is 6.61 Å². The van der Waals surface area contributed by atoms with E-state index in [1.807, 2.05) is 54.6 Å². The summed E-state index contributed by atoms with van der Waals surface area (Å²) in [4.78, 5) is 11.1. The van der Waals surface area contributed by atoms with E-state index in [0.717, 1.165) is 16.7 Å². The predicted molar refractivity (Wildman–Crippen MR) is 70.8 cm³/mol. The molecule has 0 radical (unpaired) electrons. The van der Waals surface area contributed by atoms with E-state index < -0.39 is 6.61 Å². The van der Waals surface area contributed by atoms with Crippen LogP contribution >= 0.6 is 0 Å². The number of hydrogen-bond acceptors (Lipinski definition) is 2. The highest BCUT2D eigenvalue weighted by atomic mass is 16.3. The molecule has 92 valence electrons. The van der Waals surface area contributed by atoms with E-state index in [1.165, 1.54) is 0 Å². The number of aliphatic hydroxyl groups is 1. The minimum atomic E-state index is -0.479. The number of aliphatic hydroxyl groups excluding tert-OH is 1. The summed E-state index contributed by atoms with van der Waals surface area (Å²) >= 11 is 0. The third-order valence-electron chi connectivity index (χ3n) is 2.72. The van der Waals surface area contributed by atoms with Crippen molar-refractivity contribution in [3.63, 3.8) is 0 Å². The van der Waals surface area contributed by atoms with E-state index in [-0.39, 0.29) is 5.91 Å². The lowest BCUT2D eigenvalue weighted by atomic mass is 10.00. The smallest absolute Gasteiger partial charge is 0.245 e. The Balaban J connectivity index is 2.24. The average molecular weight is 241 g/mol. The highest BCUT2D eigenvalue weighted by Crippen LogP contribution is 2.23. The molecule has 0 fully saturated rings. The van der Waals surface area contributed by atoms with Crippen molar-refractivity contribution in [1.82, 2.24) is 5.32 Å². The number of benzene rings is 2. The van der Waals surface area contributed by atoms with Gasteiger partial charge in [0.25, 0.3) is 0 Å². The Morgan fingerprint density at radius 2 is 1.67 bits per heavy atom.